The van der Waals surface area contributed by atoms with Crippen molar-refractivity contribution >= 4 is 56.6 Å². The largest absolute Gasteiger partial charge is 0.495 e. The van der Waals surface area contributed by atoms with E-state index in [2.05, 4.69) is 5.32 Å². The highest BCUT2D eigenvalue weighted by molar-refractivity contribution is 7.98. The summed E-state index contributed by atoms with van der Waals surface area (Å²) in [7, 11) is -2.25. The summed E-state index contributed by atoms with van der Waals surface area (Å²) in [5.74, 6) is 1.41. The summed E-state index contributed by atoms with van der Waals surface area (Å²) in [6, 6.07) is 11.2. The molecule has 30 heavy (non-hydrogen) atoms. The zero-order chi connectivity index (χ0) is 22.3. The maximum absolute atomic E-state index is 12.6. The number of carbonyl (C=O) groups excluding carboxylic acids is 1. The van der Waals surface area contributed by atoms with Gasteiger partial charge in [-0.2, -0.15) is 11.8 Å². The minimum atomic E-state index is -3.72. The first-order valence-corrected chi connectivity index (χ1v) is 12.8. The number of rotatable bonds is 10. The highest BCUT2D eigenvalue weighted by atomic mass is 35.5. The van der Waals surface area contributed by atoms with Gasteiger partial charge in [-0.15, -0.1) is 0 Å². The fourth-order valence-corrected chi connectivity index (χ4v) is 5.36. The van der Waals surface area contributed by atoms with Crippen molar-refractivity contribution in [2.45, 2.75) is 18.7 Å². The summed E-state index contributed by atoms with van der Waals surface area (Å²) in [5, 5.41) is 3.76. The van der Waals surface area contributed by atoms with Crippen molar-refractivity contribution in [2.75, 3.05) is 30.0 Å². The Morgan fingerprint density at radius 1 is 1.20 bits per heavy atom. The molecule has 0 aliphatic carbocycles. The molecule has 10 heteroatoms. The van der Waals surface area contributed by atoms with E-state index in [0.29, 0.717) is 28.8 Å². The molecular weight excluding hydrogens is 467 g/mol. The molecule has 2 aromatic rings. The van der Waals surface area contributed by atoms with Gasteiger partial charge in [-0.1, -0.05) is 41.4 Å². The van der Waals surface area contributed by atoms with Gasteiger partial charge in [0.1, 0.15) is 11.8 Å². The molecule has 0 unspecified atom stereocenters. The van der Waals surface area contributed by atoms with E-state index in [9.17, 15) is 13.2 Å². The third-order valence-electron chi connectivity index (χ3n) is 4.24. The molecule has 2 rings (SSSR count). The molecule has 0 saturated heterocycles. The second-order valence-electron chi connectivity index (χ2n) is 6.49. The van der Waals surface area contributed by atoms with Crippen LogP contribution in [0.15, 0.2) is 42.5 Å². The second-order valence-corrected chi connectivity index (χ2v) is 10.3. The number of nitrogens with zero attached hydrogens (tertiary/aromatic N) is 1. The maximum atomic E-state index is 12.6. The molecular formula is C20H24Cl2N2O4S2. The Balaban J connectivity index is 1.97. The Morgan fingerprint density at radius 2 is 1.90 bits per heavy atom. The molecule has 6 nitrogen and oxygen atoms in total. The predicted octanol–water partition coefficient (Wildman–Crippen LogP) is 4.21. The molecule has 1 atom stereocenters. The molecule has 0 saturated carbocycles. The third kappa shape index (κ3) is 6.70. The number of carbonyl (C=O) groups is 1. The molecule has 0 aliphatic heterocycles. The number of ether oxygens (including phenoxy) is 1. The number of hydrogen-bond acceptors (Lipinski definition) is 5. The van der Waals surface area contributed by atoms with Crippen LogP contribution in [0.2, 0.25) is 10.0 Å². The van der Waals surface area contributed by atoms with Crippen LogP contribution >= 0.6 is 35.0 Å². The summed E-state index contributed by atoms with van der Waals surface area (Å²) < 4.78 is 30.9. The van der Waals surface area contributed by atoms with Crippen LogP contribution in [-0.2, 0) is 20.6 Å². The summed E-state index contributed by atoms with van der Waals surface area (Å²) in [6.45, 7) is 1.94. The topological polar surface area (TPSA) is 75.7 Å². The highest BCUT2D eigenvalue weighted by Crippen LogP contribution is 2.31. The van der Waals surface area contributed by atoms with E-state index in [1.807, 2.05) is 24.3 Å². The van der Waals surface area contributed by atoms with Gasteiger partial charge in [-0.3, -0.25) is 9.10 Å². The van der Waals surface area contributed by atoms with Crippen molar-refractivity contribution in [2.24, 2.45) is 0 Å². The lowest BCUT2D eigenvalue weighted by Crippen LogP contribution is -2.48. The number of hydrogen-bond donors (Lipinski definition) is 1. The predicted molar refractivity (Wildman–Crippen MR) is 125 cm³/mol. The first-order valence-electron chi connectivity index (χ1n) is 9.07. The van der Waals surface area contributed by atoms with E-state index in [1.165, 1.54) is 20.1 Å². The number of thioether (sulfide) groups is 1. The zero-order valence-corrected chi connectivity index (χ0v) is 20.0. The molecule has 0 aromatic heterocycles. The molecule has 1 N–H and O–H groups in total. The standard InChI is InChI=1S/C20H24Cl2N2O4S2/c1-14(20(25)23-10-11-29-13-15-6-4-5-7-17(15)21)24(30(3,26)27)16-8-9-19(28-2)18(22)12-16/h4-9,12,14H,10-11,13H2,1-3H3,(H,23,25)/t14-/m1/s1. The van der Waals surface area contributed by atoms with Gasteiger partial charge in [-0.05, 0) is 36.8 Å². The lowest BCUT2D eigenvalue weighted by atomic mass is 10.2. The monoisotopic (exact) mass is 490 g/mol. The van der Waals surface area contributed by atoms with Crippen molar-refractivity contribution in [3.63, 3.8) is 0 Å². The quantitative estimate of drug-likeness (QED) is 0.504. The number of halogens is 2. The maximum Gasteiger partial charge on any atom is 0.243 e. The van der Waals surface area contributed by atoms with Crippen LogP contribution in [0.4, 0.5) is 5.69 Å². The first kappa shape index (κ1) is 24.7. The molecule has 0 radical (unpaired) electrons. The van der Waals surface area contributed by atoms with E-state index in [1.54, 1.807) is 23.9 Å². The van der Waals surface area contributed by atoms with Crippen LogP contribution < -0.4 is 14.4 Å². The molecule has 0 bridgehead atoms. The van der Waals surface area contributed by atoms with Gasteiger partial charge in [0.2, 0.25) is 15.9 Å². The van der Waals surface area contributed by atoms with E-state index >= 15 is 0 Å². The van der Waals surface area contributed by atoms with Crippen LogP contribution in [0.25, 0.3) is 0 Å². The van der Waals surface area contributed by atoms with Crippen LogP contribution in [0, 0.1) is 0 Å². The Morgan fingerprint density at radius 3 is 2.50 bits per heavy atom. The average Bonchev–Trinajstić information content (AvgIpc) is 2.68. The number of benzene rings is 2. The highest BCUT2D eigenvalue weighted by Gasteiger charge is 2.29. The number of nitrogens with one attached hydrogen (secondary N) is 1. The Kier molecular flexibility index (Phi) is 9.15. The number of anilines is 1. The van der Waals surface area contributed by atoms with Gasteiger partial charge in [0, 0.05) is 23.1 Å². The number of amides is 1. The number of methoxy groups -OCH3 is 1. The van der Waals surface area contributed by atoms with Crippen molar-refractivity contribution in [1.29, 1.82) is 0 Å². The summed E-state index contributed by atoms with van der Waals surface area (Å²) >= 11 is 13.9. The molecule has 2 aromatic carbocycles. The minimum absolute atomic E-state index is 0.257. The fourth-order valence-electron chi connectivity index (χ4n) is 2.79. The van der Waals surface area contributed by atoms with Gasteiger partial charge >= 0.3 is 0 Å². The van der Waals surface area contributed by atoms with Gasteiger partial charge in [0.05, 0.1) is 24.1 Å². The second kappa shape index (κ2) is 11.1. The zero-order valence-electron chi connectivity index (χ0n) is 16.9. The summed E-state index contributed by atoms with van der Waals surface area (Å²) in [6.07, 6.45) is 1.05. The molecule has 0 fully saturated rings. The van der Waals surface area contributed by atoms with Crippen LogP contribution in [0.3, 0.4) is 0 Å². The molecule has 1 amide bonds. The summed E-state index contributed by atoms with van der Waals surface area (Å²) in [4.78, 5) is 12.6. The van der Waals surface area contributed by atoms with Gasteiger partial charge in [0.15, 0.2) is 0 Å². The van der Waals surface area contributed by atoms with Gasteiger partial charge in [-0.25, -0.2) is 8.42 Å². The van der Waals surface area contributed by atoms with Crippen molar-refractivity contribution in [3.05, 3.63) is 58.1 Å². The van der Waals surface area contributed by atoms with Crippen LogP contribution in [-0.4, -0.2) is 46.0 Å². The van der Waals surface area contributed by atoms with E-state index in [4.69, 9.17) is 27.9 Å². The Hall–Kier alpha value is -1.61. The SMILES string of the molecule is COc1ccc(N([C@H](C)C(=O)NCCSCc2ccccc2Cl)S(C)(=O)=O)cc1Cl. The Bertz CT molecular complexity index is 987. The van der Waals surface area contributed by atoms with E-state index < -0.39 is 22.0 Å². The normalized spacial score (nSPS) is 12.3. The van der Waals surface area contributed by atoms with Crippen molar-refractivity contribution in [1.82, 2.24) is 5.32 Å². The molecule has 0 spiro atoms. The minimum Gasteiger partial charge on any atom is -0.495 e. The molecule has 0 aliphatic rings. The lowest BCUT2D eigenvalue weighted by Gasteiger charge is -2.28. The van der Waals surface area contributed by atoms with Gasteiger partial charge in [0.25, 0.3) is 0 Å². The summed E-state index contributed by atoms with van der Waals surface area (Å²) in [5.41, 5.74) is 1.32. The van der Waals surface area contributed by atoms with Crippen molar-refractivity contribution < 1.29 is 17.9 Å². The van der Waals surface area contributed by atoms with Crippen LogP contribution in [0.5, 0.6) is 5.75 Å². The van der Waals surface area contributed by atoms with E-state index in [0.717, 1.165) is 21.9 Å². The molecule has 0 heterocycles. The molecule has 164 valence electrons. The van der Waals surface area contributed by atoms with Crippen molar-refractivity contribution in [3.8, 4) is 5.75 Å². The Labute approximate surface area is 191 Å². The van der Waals surface area contributed by atoms with Gasteiger partial charge < -0.3 is 10.1 Å². The lowest BCUT2D eigenvalue weighted by molar-refractivity contribution is -0.121. The fraction of sp³-hybridized carbons (Fsp3) is 0.350. The number of sulfonamides is 1. The van der Waals surface area contributed by atoms with Crippen LogP contribution in [0.1, 0.15) is 12.5 Å². The van der Waals surface area contributed by atoms with E-state index in [-0.39, 0.29) is 5.02 Å². The first-order chi connectivity index (χ1) is 14.1. The average molecular weight is 491 g/mol. The third-order valence-corrected chi connectivity index (χ3v) is 7.15. The smallest absolute Gasteiger partial charge is 0.243 e.